The minimum atomic E-state index is 0.419. The van der Waals surface area contributed by atoms with Gasteiger partial charge in [-0.1, -0.05) is 6.92 Å². The second kappa shape index (κ2) is 8.64. The molecule has 0 fully saturated rings. The van der Waals surface area contributed by atoms with Crippen LogP contribution in [0.5, 0.6) is 0 Å². The van der Waals surface area contributed by atoms with Gasteiger partial charge in [0, 0.05) is 19.8 Å². The van der Waals surface area contributed by atoms with Crippen molar-refractivity contribution in [2.24, 2.45) is 0 Å². The van der Waals surface area contributed by atoms with Gasteiger partial charge in [-0.15, -0.1) is 11.3 Å². The topological polar surface area (TPSA) is 21.3 Å². The van der Waals surface area contributed by atoms with Crippen LogP contribution in [0.2, 0.25) is 0 Å². The van der Waals surface area contributed by atoms with Crippen molar-refractivity contribution in [3.8, 4) is 0 Å². The van der Waals surface area contributed by atoms with E-state index in [4.69, 9.17) is 4.74 Å². The summed E-state index contributed by atoms with van der Waals surface area (Å²) >= 11 is 8.91. The quantitative estimate of drug-likeness (QED) is 0.653. The highest BCUT2D eigenvalue weighted by Gasteiger charge is 2.16. The molecule has 1 N–H and O–H groups in total. The van der Waals surface area contributed by atoms with Gasteiger partial charge in [-0.3, -0.25) is 0 Å². The Morgan fingerprint density at radius 3 is 2.76 bits per heavy atom. The molecule has 0 aliphatic rings. The molecule has 1 heterocycles. The van der Waals surface area contributed by atoms with Crippen LogP contribution in [0.1, 0.15) is 37.8 Å². The van der Waals surface area contributed by atoms with Crippen molar-refractivity contribution >= 4 is 43.2 Å². The molecule has 17 heavy (non-hydrogen) atoms. The van der Waals surface area contributed by atoms with E-state index in [2.05, 4.69) is 50.2 Å². The Morgan fingerprint density at radius 1 is 1.47 bits per heavy atom. The number of thiophene rings is 1. The minimum Gasteiger partial charge on any atom is -0.385 e. The summed E-state index contributed by atoms with van der Waals surface area (Å²) in [5.41, 5.74) is 1.35. The van der Waals surface area contributed by atoms with Gasteiger partial charge in [0.25, 0.3) is 0 Å². The smallest absolute Gasteiger partial charge is 0.0758 e. The predicted molar refractivity (Wildman–Crippen MR) is 81.9 cm³/mol. The molecule has 0 saturated heterocycles. The summed E-state index contributed by atoms with van der Waals surface area (Å²) in [7, 11) is 1.76. The Kier molecular flexibility index (Phi) is 7.95. The molecule has 1 unspecified atom stereocenters. The van der Waals surface area contributed by atoms with Gasteiger partial charge in [0.2, 0.25) is 0 Å². The Morgan fingerprint density at radius 2 is 2.24 bits per heavy atom. The lowest BCUT2D eigenvalue weighted by Gasteiger charge is -2.18. The molecule has 5 heteroatoms. The average molecular weight is 385 g/mol. The Hall–Kier alpha value is 0.580. The van der Waals surface area contributed by atoms with Gasteiger partial charge in [0.05, 0.1) is 7.57 Å². The van der Waals surface area contributed by atoms with E-state index in [1.807, 2.05) is 0 Å². The van der Waals surface area contributed by atoms with Crippen LogP contribution in [-0.2, 0) is 4.74 Å². The first-order chi connectivity index (χ1) is 8.19. The lowest BCUT2D eigenvalue weighted by Crippen LogP contribution is -2.22. The van der Waals surface area contributed by atoms with Crippen LogP contribution in [0.15, 0.2) is 13.6 Å². The second-order valence-electron chi connectivity index (χ2n) is 3.92. The van der Waals surface area contributed by atoms with Gasteiger partial charge < -0.3 is 10.1 Å². The van der Waals surface area contributed by atoms with E-state index in [1.165, 1.54) is 13.1 Å². The maximum Gasteiger partial charge on any atom is 0.0758 e. The zero-order valence-corrected chi connectivity index (χ0v) is 14.3. The maximum atomic E-state index is 5.12. The van der Waals surface area contributed by atoms with Gasteiger partial charge in [-0.25, -0.2) is 0 Å². The molecular formula is C12H19Br2NOS. The Balaban J connectivity index is 2.64. The predicted octanol–water partition coefficient (Wildman–Crippen LogP) is 4.74. The van der Waals surface area contributed by atoms with Crippen molar-refractivity contribution in [3.05, 3.63) is 19.2 Å². The molecule has 1 rings (SSSR count). The van der Waals surface area contributed by atoms with Gasteiger partial charge >= 0.3 is 0 Å². The van der Waals surface area contributed by atoms with E-state index in [0.717, 1.165) is 32.4 Å². The molecule has 0 bridgehead atoms. The van der Waals surface area contributed by atoms with Crippen molar-refractivity contribution in [2.75, 3.05) is 20.3 Å². The van der Waals surface area contributed by atoms with E-state index in [-0.39, 0.29) is 0 Å². The molecule has 98 valence electrons. The molecule has 1 aromatic rings. The summed E-state index contributed by atoms with van der Waals surface area (Å²) in [6, 6.07) is 2.62. The van der Waals surface area contributed by atoms with Gasteiger partial charge in [-0.2, -0.15) is 0 Å². The Labute approximate surface area is 124 Å². The molecule has 0 radical (unpaired) electrons. The highest BCUT2D eigenvalue weighted by molar-refractivity contribution is 9.12. The first kappa shape index (κ1) is 15.6. The standard InChI is InChI=1S/C12H19Br2NOS/c1-3-6-15-10(5-4-7-16-2)9-8-11(13)17-12(9)14/h8,10,15H,3-7H2,1-2H3. The molecule has 0 amide bonds. The van der Waals surface area contributed by atoms with Crippen LogP contribution in [0.4, 0.5) is 0 Å². The highest BCUT2D eigenvalue weighted by Crippen LogP contribution is 2.36. The summed E-state index contributed by atoms with van der Waals surface area (Å²) < 4.78 is 7.52. The zero-order chi connectivity index (χ0) is 12.7. The zero-order valence-electron chi connectivity index (χ0n) is 10.3. The molecule has 1 atom stereocenters. The fourth-order valence-electron chi connectivity index (χ4n) is 1.71. The number of halogens is 2. The first-order valence-electron chi connectivity index (χ1n) is 5.86. The fraction of sp³-hybridized carbons (Fsp3) is 0.667. The third-order valence-electron chi connectivity index (χ3n) is 2.54. The van der Waals surface area contributed by atoms with E-state index in [0.29, 0.717) is 6.04 Å². The number of methoxy groups -OCH3 is 1. The van der Waals surface area contributed by atoms with Crippen molar-refractivity contribution in [1.82, 2.24) is 5.32 Å². The molecule has 0 aromatic carbocycles. The average Bonchev–Trinajstić information content (AvgIpc) is 2.63. The van der Waals surface area contributed by atoms with Crippen molar-refractivity contribution in [3.63, 3.8) is 0 Å². The second-order valence-corrected chi connectivity index (χ2v) is 7.67. The molecule has 1 aromatic heterocycles. The van der Waals surface area contributed by atoms with Crippen LogP contribution >= 0.6 is 43.2 Å². The third kappa shape index (κ3) is 5.39. The molecule has 0 spiro atoms. The number of ether oxygens (including phenoxy) is 1. The number of nitrogens with one attached hydrogen (secondary N) is 1. The number of hydrogen-bond donors (Lipinski definition) is 1. The third-order valence-corrected chi connectivity index (χ3v) is 4.93. The van der Waals surface area contributed by atoms with Crippen LogP contribution in [0, 0.1) is 0 Å². The van der Waals surface area contributed by atoms with Crippen molar-refractivity contribution < 1.29 is 4.74 Å². The fourth-order valence-corrected chi connectivity index (χ4v) is 4.68. The van der Waals surface area contributed by atoms with E-state index in [9.17, 15) is 0 Å². The molecule has 0 aliphatic carbocycles. The SMILES string of the molecule is CCCNC(CCCOC)c1cc(Br)sc1Br. The van der Waals surface area contributed by atoms with Crippen molar-refractivity contribution in [1.29, 1.82) is 0 Å². The van der Waals surface area contributed by atoms with Gasteiger partial charge in [-0.05, 0) is 69.3 Å². The van der Waals surface area contributed by atoms with Gasteiger partial charge in [0.15, 0.2) is 0 Å². The van der Waals surface area contributed by atoms with Crippen LogP contribution in [-0.4, -0.2) is 20.3 Å². The van der Waals surface area contributed by atoms with Crippen LogP contribution < -0.4 is 5.32 Å². The van der Waals surface area contributed by atoms with E-state index < -0.39 is 0 Å². The molecule has 0 saturated carbocycles. The largest absolute Gasteiger partial charge is 0.385 e. The summed E-state index contributed by atoms with van der Waals surface area (Å²) in [5.74, 6) is 0. The first-order valence-corrected chi connectivity index (χ1v) is 8.26. The number of rotatable bonds is 8. The van der Waals surface area contributed by atoms with Crippen LogP contribution in [0.25, 0.3) is 0 Å². The highest BCUT2D eigenvalue weighted by atomic mass is 79.9. The summed E-state index contributed by atoms with van der Waals surface area (Å²) in [5, 5.41) is 3.60. The van der Waals surface area contributed by atoms with Crippen molar-refractivity contribution in [2.45, 2.75) is 32.2 Å². The lowest BCUT2D eigenvalue weighted by atomic mass is 10.1. The summed E-state index contributed by atoms with van der Waals surface area (Å²) in [6.45, 7) is 4.07. The van der Waals surface area contributed by atoms with Crippen LogP contribution in [0.3, 0.4) is 0 Å². The lowest BCUT2D eigenvalue weighted by molar-refractivity contribution is 0.188. The monoisotopic (exact) mass is 383 g/mol. The molecule has 2 nitrogen and oxygen atoms in total. The van der Waals surface area contributed by atoms with E-state index in [1.54, 1.807) is 18.4 Å². The molecular weight excluding hydrogens is 366 g/mol. The molecule has 0 aliphatic heterocycles. The summed E-state index contributed by atoms with van der Waals surface area (Å²) in [4.78, 5) is 0. The normalized spacial score (nSPS) is 12.9. The maximum absolute atomic E-state index is 5.12. The Bertz CT molecular complexity index is 330. The van der Waals surface area contributed by atoms with Gasteiger partial charge in [0.1, 0.15) is 0 Å². The summed E-state index contributed by atoms with van der Waals surface area (Å²) in [6.07, 6.45) is 3.34. The minimum absolute atomic E-state index is 0.419. The van der Waals surface area contributed by atoms with E-state index >= 15 is 0 Å². The number of hydrogen-bond acceptors (Lipinski definition) is 3.